The van der Waals surface area contributed by atoms with Crippen LogP contribution in [-0.4, -0.2) is 11.8 Å². The summed E-state index contributed by atoms with van der Waals surface area (Å²) in [6, 6.07) is 4.04. The van der Waals surface area contributed by atoms with Gasteiger partial charge in [0, 0.05) is 6.42 Å². The normalized spacial score (nSPS) is 19.7. The van der Waals surface area contributed by atoms with E-state index in [1.54, 1.807) is 0 Å². The van der Waals surface area contributed by atoms with Crippen molar-refractivity contribution < 1.29 is 9.59 Å². The van der Waals surface area contributed by atoms with Crippen molar-refractivity contribution >= 4 is 17.5 Å². The predicted octanol–water partition coefficient (Wildman–Crippen LogP) is 3.15. The molecule has 0 aromatic heterocycles. The molecular formula is C16H21NO2. The second-order valence-corrected chi connectivity index (χ2v) is 5.87. The molecule has 3 heteroatoms. The molecule has 0 saturated carbocycles. The van der Waals surface area contributed by atoms with E-state index in [2.05, 4.69) is 0 Å². The van der Waals surface area contributed by atoms with Crippen LogP contribution in [0, 0.1) is 32.6 Å². The van der Waals surface area contributed by atoms with Crippen LogP contribution in [-0.2, 0) is 9.59 Å². The molecule has 3 nitrogen and oxygen atoms in total. The number of anilines is 1. The molecule has 1 aliphatic rings. The zero-order chi connectivity index (χ0) is 14.3. The first kappa shape index (κ1) is 13.8. The van der Waals surface area contributed by atoms with Crippen LogP contribution < -0.4 is 4.90 Å². The van der Waals surface area contributed by atoms with Crippen LogP contribution in [0.4, 0.5) is 5.69 Å². The molecule has 0 radical (unpaired) electrons. The first-order valence-electron chi connectivity index (χ1n) is 6.77. The summed E-state index contributed by atoms with van der Waals surface area (Å²) in [5.41, 5.74) is 3.91. The lowest BCUT2D eigenvalue weighted by atomic mass is 9.94. The molecule has 1 atom stereocenters. The quantitative estimate of drug-likeness (QED) is 0.765. The summed E-state index contributed by atoms with van der Waals surface area (Å²) in [4.78, 5) is 26.0. The highest BCUT2D eigenvalue weighted by Gasteiger charge is 2.41. The number of amides is 2. The fraction of sp³-hybridized carbons (Fsp3) is 0.500. The summed E-state index contributed by atoms with van der Waals surface area (Å²) in [6.45, 7) is 9.92. The minimum atomic E-state index is -0.174. The Bertz CT molecular complexity index is 523. The molecule has 1 fully saturated rings. The highest BCUT2D eigenvalue weighted by Crippen LogP contribution is 2.34. The van der Waals surface area contributed by atoms with E-state index in [9.17, 15) is 9.59 Å². The van der Waals surface area contributed by atoms with E-state index in [1.807, 2.05) is 46.8 Å². The minimum Gasteiger partial charge on any atom is -0.274 e. The Hall–Kier alpha value is -1.64. The van der Waals surface area contributed by atoms with Gasteiger partial charge in [0.05, 0.1) is 11.6 Å². The van der Waals surface area contributed by atoms with E-state index in [4.69, 9.17) is 0 Å². The Morgan fingerprint density at radius 1 is 1.11 bits per heavy atom. The standard InChI is InChI=1S/C16H21NO2/c1-9(2)13-8-14(18)17(16(13)19)15-11(4)6-10(3)7-12(15)5/h6-7,9,13H,8H2,1-5H3. The minimum absolute atomic E-state index is 0.0462. The van der Waals surface area contributed by atoms with Gasteiger partial charge >= 0.3 is 0 Å². The summed E-state index contributed by atoms with van der Waals surface area (Å²) in [5.74, 6) is -0.0890. The lowest BCUT2D eigenvalue weighted by Gasteiger charge is -2.21. The van der Waals surface area contributed by atoms with E-state index in [0.717, 1.165) is 22.4 Å². The van der Waals surface area contributed by atoms with Crippen molar-refractivity contribution in [2.75, 3.05) is 4.90 Å². The molecule has 0 bridgehead atoms. The van der Waals surface area contributed by atoms with E-state index in [1.165, 1.54) is 4.90 Å². The Morgan fingerprint density at radius 2 is 1.63 bits per heavy atom. The molecule has 0 spiro atoms. The van der Waals surface area contributed by atoms with Gasteiger partial charge in [-0.25, -0.2) is 4.90 Å². The Kier molecular flexibility index (Phi) is 3.48. The second-order valence-electron chi connectivity index (χ2n) is 5.87. The smallest absolute Gasteiger partial charge is 0.237 e. The molecule has 2 amide bonds. The van der Waals surface area contributed by atoms with Gasteiger partial charge < -0.3 is 0 Å². The topological polar surface area (TPSA) is 37.4 Å². The van der Waals surface area contributed by atoms with Gasteiger partial charge in [-0.15, -0.1) is 0 Å². The highest BCUT2D eigenvalue weighted by atomic mass is 16.2. The van der Waals surface area contributed by atoms with Crippen molar-refractivity contribution in [3.8, 4) is 0 Å². The lowest BCUT2D eigenvalue weighted by molar-refractivity contribution is -0.122. The van der Waals surface area contributed by atoms with Crippen LogP contribution in [0.3, 0.4) is 0 Å². The van der Waals surface area contributed by atoms with Gasteiger partial charge in [-0.3, -0.25) is 9.59 Å². The number of benzene rings is 1. The average molecular weight is 259 g/mol. The zero-order valence-corrected chi connectivity index (χ0v) is 12.3. The molecule has 102 valence electrons. The molecular weight excluding hydrogens is 238 g/mol. The third-order valence-electron chi connectivity index (χ3n) is 3.85. The predicted molar refractivity (Wildman–Crippen MR) is 76.1 cm³/mol. The maximum Gasteiger partial charge on any atom is 0.237 e. The zero-order valence-electron chi connectivity index (χ0n) is 12.3. The molecule has 0 aliphatic carbocycles. The van der Waals surface area contributed by atoms with Crippen LogP contribution >= 0.6 is 0 Å². The van der Waals surface area contributed by atoms with Gasteiger partial charge in [0.1, 0.15) is 0 Å². The Balaban J connectivity index is 2.48. The number of carbonyl (C=O) groups excluding carboxylic acids is 2. The van der Waals surface area contributed by atoms with Gasteiger partial charge in [0.2, 0.25) is 11.8 Å². The van der Waals surface area contributed by atoms with Crippen molar-refractivity contribution in [3.63, 3.8) is 0 Å². The van der Waals surface area contributed by atoms with Crippen LogP contribution in [0.2, 0.25) is 0 Å². The van der Waals surface area contributed by atoms with Gasteiger partial charge in [-0.2, -0.15) is 0 Å². The maximum absolute atomic E-state index is 12.5. The van der Waals surface area contributed by atoms with E-state index in [0.29, 0.717) is 6.42 Å². The highest BCUT2D eigenvalue weighted by molar-refractivity contribution is 6.21. The largest absolute Gasteiger partial charge is 0.274 e. The first-order valence-corrected chi connectivity index (χ1v) is 6.77. The second kappa shape index (κ2) is 4.80. The van der Waals surface area contributed by atoms with E-state index >= 15 is 0 Å². The summed E-state index contributed by atoms with van der Waals surface area (Å²) in [6.07, 6.45) is 0.337. The summed E-state index contributed by atoms with van der Waals surface area (Å²) < 4.78 is 0. The van der Waals surface area contributed by atoms with Crippen molar-refractivity contribution in [1.82, 2.24) is 0 Å². The summed E-state index contributed by atoms with van der Waals surface area (Å²) in [7, 11) is 0. The van der Waals surface area contributed by atoms with Crippen molar-refractivity contribution in [2.45, 2.75) is 41.0 Å². The molecule has 1 saturated heterocycles. The number of nitrogens with zero attached hydrogens (tertiary/aromatic N) is 1. The number of imide groups is 1. The number of hydrogen-bond donors (Lipinski definition) is 0. The summed E-state index contributed by atoms with van der Waals surface area (Å²) >= 11 is 0. The molecule has 19 heavy (non-hydrogen) atoms. The van der Waals surface area contributed by atoms with Crippen molar-refractivity contribution in [2.24, 2.45) is 11.8 Å². The fourth-order valence-corrected chi connectivity index (χ4v) is 2.94. The average Bonchev–Trinajstić information content (AvgIpc) is 2.55. The first-order chi connectivity index (χ1) is 8.82. The van der Waals surface area contributed by atoms with Crippen LogP contribution in [0.5, 0.6) is 0 Å². The van der Waals surface area contributed by atoms with Crippen molar-refractivity contribution in [1.29, 1.82) is 0 Å². The third kappa shape index (κ3) is 2.29. The third-order valence-corrected chi connectivity index (χ3v) is 3.85. The van der Waals surface area contributed by atoms with Crippen molar-refractivity contribution in [3.05, 3.63) is 28.8 Å². The van der Waals surface area contributed by atoms with Crippen LogP contribution in [0.25, 0.3) is 0 Å². The van der Waals surface area contributed by atoms with Gasteiger partial charge in [-0.1, -0.05) is 31.5 Å². The lowest BCUT2D eigenvalue weighted by Crippen LogP contribution is -2.32. The fourth-order valence-electron chi connectivity index (χ4n) is 2.94. The molecule has 1 aromatic rings. The number of carbonyl (C=O) groups is 2. The van der Waals surface area contributed by atoms with Gasteiger partial charge in [0.25, 0.3) is 0 Å². The molecule has 0 N–H and O–H groups in total. The van der Waals surface area contributed by atoms with Gasteiger partial charge in [-0.05, 0) is 37.8 Å². The molecule has 1 aromatic carbocycles. The molecule has 1 heterocycles. The van der Waals surface area contributed by atoms with E-state index < -0.39 is 0 Å². The van der Waals surface area contributed by atoms with Gasteiger partial charge in [0.15, 0.2) is 0 Å². The van der Waals surface area contributed by atoms with E-state index in [-0.39, 0.29) is 23.7 Å². The van der Waals surface area contributed by atoms with Crippen LogP contribution in [0.15, 0.2) is 12.1 Å². The molecule has 1 aliphatic heterocycles. The maximum atomic E-state index is 12.5. The number of hydrogen-bond acceptors (Lipinski definition) is 2. The SMILES string of the molecule is Cc1cc(C)c(N2C(=O)CC(C(C)C)C2=O)c(C)c1. The number of rotatable bonds is 2. The monoisotopic (exact) mass is 259 g/mol. The Morgan fingerprint density at radius 3 is 2.05 bits per heavy atom. The molecule has 2 rings (SSSR count). The number of aryl methyl sites for hydroxylation is 3. The molecule has 1 unspecified atom stereocenters. The summed E-state index contributed by atoms with van der Waals surface area (Å²) in [5, 5.41) is 0. The van der Waals surface area contributed by atoms with Crippen LogP contribution in [0.1, 0.15) is 37.0 Å². The Labute approximate surface area is 114 Å².